The van der Waals surface area contributed by atoms with Gasteiger partial charge in [0.15, 0.2) is 0 Å². The van der Waals surface area contributed by atoms with E-state index in [0.717, 1.165) is 44.5 Å². The second-order valence-corrected chi connectivity index (χ2v) is 16.8. The summed E-state index contributed by atoms with van der Waals surface area (Å²) in [4.78, 5) is 44.2. The molecular weight excluding hydrogens is 741 g/mol. The number of carbonyl (C=O) groups is 3. The smallest absolute Gasteiger partial charge is 0.332 e. The van der Waals surface area contributed by atoms with Crippen LogP contribution in [0.4, 0.5) is 4.79 Å². The highest BCUT2D eigenvalue weighted by atomic mass is 16.2. The van der Waals surface area contributed by atoms with Crippen LogP contribution in [-0.4, -0.2) is 50.9 Å². The first-order valence-electron chi connectivity index (χ1n) is 20.9. The van der Waals surface area contributed by atoms with Crippen molar-refractivity contribution in [2.24, 2.45) is 23.7 Å². The summed E-state index contributed by atoms with van der Waals surface area (Å²) >= 11 is 0. The van der Waals surface area contributed by atoms with Gasteiger partial charge < -0.3 is 9.13 Å². The van der Waals surface area contributed by atoms with Crippen molar-refractivity contribution in [2.45, 2.75) is 25.9 Å². The fraction of sp³-hybridized carbons (Fsp3) is 0.189. The monoisotopic (exact) mass is 784 g/mol. The molecule has 2 aliphatic carbocycles. The van der Waals surface area contributed by atoms with Gasteiger partial charge in [-0.1, -0.05) is 145 Å². The molecule has 3 aliphatic rings. The molecule has 7 heteroatoms. The normalized spacial score (nSPS) is 22.8. The predicted octanol–water partition coefficient (Wildman–Crippen LogP) is 8.87. The number of imide groups is 2. The minimum absolute atomic E-state index is 0.213. The standard InChI is InChI=1S/C53H44N4O3/c1-54-51(58)49-47-37(27-29-41-39-21-9-17-35-19-11-23-43(45(35)39)56(41)31-33-13-5-3-6-14-33)25-26-38(48(47)50(49)52(59)55(2)53(54)60)28-30-42-40-22-10-18-36-20-12-24-44(46(36)40)57(42)32-34-15-7-4-8-16-34/h3-24,27-30,47-50H,25-26,31-32H2,1-2H3/b37-27-,38-28-,41-29-,42-30-. The van der Waals surface area contributed by atoms with Crippen molar-refractivity contribution < 1.29 is 14.4 Å². The van der Waals surface area contributed by atoms with Gasteiger partial charge >= 0.3 is 6.03 Å². The minimum atomic E-state index is -0.619. The Morgan fingerprint density at radius 3 is 1.28 bits per heavy atom. The molecule has 0 spiro atoms. The molecule has 0 N–H and O–H groups in total. The molecule has 294 valence electrons. The van der Waals surface area contributed by atoms with Crippen LogP contribution < -0.4 is 10.7 Å². The largest absolute Gasteiger partial charge is 0.336 e. The lowest BCUT2D eigenvalue weighted by atomic mass is 9.48. The van der Waals surface area contributed by atoms with Gasteiger partial charge in [-0.05, 0) is 70.9 Å². The zero-order valence-corrected chi connectivity index (χ0v) is 33.7. The van der Waals surface area contributed by atoms with E-state index in [-0.39, 0.29) is 23.7 Å². The lowest BCUT2D eigenvalue weighted by Crippen LogP contribution is -2.58. The first-order chi connectivity index (χ1) is 29.4. The third-order valence-electron chi connectivity index (χ3n) is 13.7. The zero-order valence-electron chi connectivity index (χ0n) is 33.7. The number of hydrogen-bond donors (Lipinski definition) is 0. The number of allylic oxidation sites excluding steroid dienone is 4. The van der Waals surface area contributed by atoms with Crippen molar-refractivity contribution in [3.63, 3.8) is 0 Å². The van der Waals surface area contributed by atoms with E-state index in [2.05, 4.69) is 155 Å². The van der Waals surface area contributed by atoms with Crippen LogP contribution in [0.25, 0.3) is 55.5 Å². The number of hydrogen-bond acceptors (Lipinski definition) is 3. The van der Waals surface area contributed by atoms with Crippen LogP contribution >= 0.6 is 0 Å². The molecular formula is C53H44N4O3. The number of aromatic nitrogens is 2. The van der Waals surface area contributed by atoms with E-state index in [0.29, 0.717) is 13.1 Å². The zero-order chi connectivity index (χ0) is 40.6. The van der Waals surface area contributed by atoms with Gasteiger partial charge in [0, 0.05) is 59.4 Å². The number of urea groups is 1. The van der Waals surface area contributed by atoms with Gasteiger partial charge in [0.25, 0.3) is 0 Å². The Labute approximate surface area is 347 Å². The molecule has 1 saturated heterocycles. The highest BCUT2D eigenvalue weighted by molar-refractivity contribution is 6.12. The average Bonchev–Trinajstić information content (AvgIpc) is 3.73. The van der Waals surface area contributed by atoms with E-state index in [1.54, 1.807) is 0 Å². The Bertz CT molecular complexity index is 3000. The molecule has 4 atom stereocenters. The third kappa shape index (κ3) is 5.52. The summed E-state index contributed by atoms with van der Waals surface area (Å²) in [5.74, 6) is -2.22. The summed E-state index contributed by atoms with van der Waals surface area (Å²) in [6.45, 7) is 1.43. The number of rotatable bonds is 6. The summed E-state index contributed by atoms with van der Waals surface area (Å²) in [5, 5.41) is 9.47. The Balaban J connectivity index is 1.07. The molecule has 4 amide bonds. The highest BCUT2D eigenvalue weighted by Crippen LogP contribution is 2.59. The highest BCUT2D eigenvalue weighted by Gasteiger charge is 2.63. The van der Waals surface area contributed by atoms with Crippen LogP contribution in [0.15, 0.2) is 157 Å². The van der Waals surface area contributed by atoms with Crippen molar-refractivity contribution in [1.29, 1.82) is 0 Å². The topological polar surface area (TPSA) is 67.6 Å². The maximum absolute atomic E-state index is 14.3. The van der Waals surface area contributed by atoms with Crippen molar-refractivity contribution in [3.8, 4) is 0 Å². The van der Waals surface area contributed by atoms with Gasteiger partial charge in [-0.25, -0.2) is 4.79 Å². The first-order valence-corrected chi connectivity index (χ1v) is 20.9. The Morgan fingerprint density at radius 2 is 0.867 bits per heavy atom. The van der Waals surface area contributed by atoms with Crippen molar-refractivity contribution in [3.05, 3.63) is 179 Å². The van der Waals surface area contributed by atoms with E-state index in [1.807, 2.05) is 12.1 Å². The lowest BCUT2D eigenvalue weighted by Gasteiger charge is -2.54. The van der Waals surface area contributed by atoms with Gasteiger partial charge in [0.05, 0.1) is 22.9 Å². The fourth-order valence-electron chi connectivity index (χ4n) is 10.8. The Kier molecular flexibility index (Phi) is 8.48. The Morgan fingerprint density at radius 1 is 0.467 bits per heavy atom. The van der Waals surface area contributed by atoms with E-state index < -0.39 is 17.9 Å². The number of benzene rings is 6. The van der Waals surface area contributed by atoms with Crippen molar-refractivity contribution in [1.82, 2.24) is 18.9 Å². The molecule has 3 heterocycles. The quantitative estimate of drug-likeness (QED) is 0.169. The lowest BCUT2D eigenvalue weighted by molar-refractivity contribution is -0.153. The molecule has 1 aliphatic heterocycles. The molecule has 3 fully saturated rings. The number of amides is 4. The van der Waals surface area contributed by atoms with Crippen LogP contribution in [0.1, 0.15) is 24.0 Å². The summed E-state index contributed by atoms with van der Waals surface area (Å²) in [6.07, 6.45) is 10.4. The van der Waals surface area contributed by atoms with Crippen LogP contribution in [0.2, 0.25) is 0 Å². The SMILES string of the molecule is CN1C(=O)C2C(C(=O)N(C)C1=O)C1/C(=C\C=c3\c4cccc5cccc(c54)n3Cc3ccccc3)CC/C(=C/C=c3/c4cccc5cccc(c54)n3Cc3ccccc3)C21. The molecule has 0 radical (unpaired) electrons. The second kappa shape index (κ2) is 14.1. The molecule has 6 aromatic carbocycles. The third-order valence-corrected chi connectivity index (χ3v) is 13.7. The number of fused-ring (bicyclic) bond motifs is 4. The first kappa shape index (κ1) is 36.1. The number of nitrogens with zero attached hydrogens (tertiary/aromatic N) is 4. The molecule has 8 aromatic rings. The summed E-state index contributed by atoms with van der Waals surface area (Å²) in [5.41, 5.74) is 7.09. The predicted molar refractivity (Wildman–Crippen MR) is 240 cm³/mol. The van der Waals surface area contributed by atoms with Crippen molar-refractivity contribution in [2.75, 3.05) is 14.1 Å². The maximum atomic E-state index is 14.3. The van der Waals surface area contributed by atoms with E-state index in [9.17, 15) is 14.4 Å². The van der Waals surface area contributed by atoms with E-state index >= 15 is 0 Å². The van der Waals surface area contributed by atoms with Crippen molar-refractivity contribution >= 4 is 73.3 Å². The van der Waals surface area contributed by atoms with Gasteiger partial charge in [0.2, 0.25) is 11.8 Å². The van der Waals surface area contributed by atoms with E-state index in [4.69, 9.17) is 0 Å². The van der Waals surface area contributed by atoms with Gasteiger partial charge in [-0.15, -0.1) is 0 Å². The summed E-state index contributed by atoms with van der Waals surface area (Å²) in [6, 6.07) is 46.5. The Hall–Kier alpha value is -6.99. The molecule has 60 heavy (non-hydrogen) atoms. The van der Waals surface area contributed by atoms with Gasteiger partial charge in [-0.2, -0.15) is 0 Å². The molecule has 2 saturated carbocycles. The summed E-state index contributed by atoms with van der Waals surface area (Å²) < 4.78 is 4.79. The molecule has 4 unspecified atom stereocenters. The molecule has 11 rings (SSSR count). The van der Waals surface area contributed by atoms with Crippen LogP contribution in [0, 0.1) is 23.7 Å². The van der Waals surface area contributed by atoms with Crippen LogP contribution in [0.3, 0.4) is 0 Å². The molecule has 0 bridgehead atoms. The van der Waals surface area contributed by atoms with E-state index in [1.165, 1.54) is 68.6 Å². The number of carbonyl (C=O) groups excluding carboxylic acids is 3. The van der Waals surface area contributed by atoms with Gasteiger partial charge in [0.1, 0.15) is 0 Å². The van der Waals surface area contributed by atoms with Crippen LogP contribution in [-0.2, 0) is 22.7 Å². The van der Waals surface area contributed by atoms with Gasteiger partial charge in [-0.3, -0.25) is 19.4 Å². The minimum Gasteiger partial charge on any atom is -0.336 e. The fourth-order valence-corrected chi connectivity index (χ4v) is 10.8. The van der Waals surface area contributed by atoms with Crippen LogP contribution in [0.5, 0.6) is 0 Å². The molecule has 2 aromatic heterocycles. The molecule has 7 nitrogen and oxygen atoms in total. The maximum Gasteiger partial charge on any atom is 0.332 e. The summed E-state index contributed by atoms with van der Waals surface area (Å²) in [7, 11) is 3.02. The second-order valence-electron chi connectivity index (χ2n) is 16.8. The average molecular weight is 785 g/mol.